The van der Waals surface area contributed by atoms with Gasteiger partial charge in [-0.2, -0.15) is 0 Å². The fraction of sp³-hybridized carbons (Fsp3) is 0.571. The number of nitrogens with one attached hydrogen (secondary N) is 1. The lowest BCUT2D eigenvalue weighted by molar-refractivity contribution is -0.137. The van der Waals surface area contributed by atoms with Gasteiger partial charge < -0.3 is 15.3 Å². The van der Waals surface area contributed by atoms with Crippen molar-refractivity contribution in [2.24, 2.45) is 0 Å². The van der Waals surface area contributed by atoms with E-state index in [0.717, 1.165) is 18.0 Å². The highest BCUT2D eigenvalue weighted by atomic mass is 32.1. The van der Waals surface area contributed by atoms with Crippen LogP contribution in [0.2, 0.25) is 0 Å². The standard InChI is InChI=1S/C14H21N3O3S/c1-11-2-3-12(21-11)10-15-14(20)17-8-6-16(7-9-17)5-4-13(18)19/h2-3H,4-10H2,1H3,(H,15,20)(H,18,19). The van der Waals surface area contributed by atoms with Crippen LogP contribution in [0.1, 0.15) is 16.2 Å². The van der Waals surface area contributed by atoms with Gasteiger partial charge in [-0.05, 0) is 19.1 Å². The van der Waals surface area contributed by atoms with Crippen LogP contribution in [-0.4, -0.2) is 59.6 Å². The number of thiophene rings is 1. The predicted octanol–water partition coefficient (Wildman–Crippen LogP) is 1.36. The Kier molecular flexibility index (Phi) is 5.58. The van der Waals surface area contributed by atoms with Crippen LogP contribution in [0, 0.1) is 6.92 Å². The van der Waals surface area contributed by atoms with E-state index in [-0.39, 0.29) is 12.5 Å². The average molecular weight is 311 g/mol. The van der Waals surface area contributed by atoms with Crippen molar-refractivity contribution in [1.82, 2.24) is 15.1 Å². The molecule has 2 heterocycles. The van der Waals surface area contributed by atoms with E-state index in [0.29, 0.717) is 26.2 Å². The Morgan fingerprint density at radius 1 is 1.29 bits per heavy atom. The summed E-state index contributed by atoms with van der Waals surface area (Å²) in [7, 11) is 0. The number of carbonyl (C=O) groups is 2. The van der Waals surface area contributed by atoms with Crippen LogP contribution >= 0.6 is 11.3 Å². The number of aryl methyl sites for hydroxylation is 1. The van der Waals surface area contributed by atoms with Crippen LogP contribution in [0.25, 0.3) is 0 Å². The summed E-state index contributed by atoms with van der Waals surface area (Å²) in [6, 6.07) is 4.04. The first-order valence-electron chi connectivity index (χ1n) is 7.07. The molecule has 0 radical (unpaired) electrons. The zero-order chi connectivity index (χ0) is 15.2. The summed E-state index contributed by atoms with van der Waals surface area (Å²) in [5.74, 6) is -0.776. The fourth-order valence-corrected chi connectivity index (χ4v) is 3.11. The highest BCUT2D eigenvalue weighted by Gasteiger charge is 2.21. The topological polar surface area (TPSA) is 72.9 Å². The lowest BCUT2D eigenvalue weighted by Crippen LogP contribution is -2.51. The van der Waals surface area contributed by atoms with E-state index < -0.39 is 5.97 Å². The van der Waals surface area contributed by atoms with Gasteiger partial charge >= 0.3 is 12.0 Å². The third-order valence-corrected chi connectivity index (χ3v) is 4.51. The number of carbonyl (C=O) groups excluding carboxylic acids is 1. The van der Waals surface area contributed by atoms with E-state index >= 15 is 0 Å². The van der Waals surface area contributed by atoms with Gasteiger partial charge in [0.25, 0.3) is 0 Å². The van der Waals surface area contributed by atoms with Gasteiger partial charge in [0.1, 0.15) is 0 Å². The highest BCUT2D eigenvalue weighted by Crippen LogP contribution is 2.14. The first-order chi connectivity index (χ1) is 10.0. The Morgan fingerprint density at radius 3 is 2.57 bits per heavy atom. The summed E-state index contributed by atoms with van der Waals surface area (Å²) < 4.78 is 0. The van der Waals surface area contributed by atoms with Gasteiger partial charge in [0.2, 0.25) is 0 Å². The van der Waals surface area contributed by atoms with Crippen molar-refractivity contribution < 1.29 is 14.7 Å². The Balaban J connectivity index is 1.69. The molecule has 0 aliphatic carbocycles. The number of urea groups is 1. The minimum atomic E-state index is -0.776. The molecule has 116 valence electrons. The second-order valence-corrected chi connectivity index (χ2v) is 6.52. The largest absolute Gasteiger partial charge is 0.481 e. The van der Waals surface area contributed by atoms with E-state index in [4.69, 9.17) is 5.11 Å². The van der Waals surface area contributed by atoms with E-state index in [1.807, 2.05) is 19.1 Å². The summed E-state index contributed by atoms with van der Waals surface area (Å²) in [6.07, 6.45) is 0.157. The maximum atomic E-state index is 12.1. The molecule has 0 spiro atoms. The second kappa shape index (κ2) is 7.42. The van der Waals surface area contributed by atoms with Gasteiger partial charge in [0, 0.05) is 42.5 Å². The number of nitrogens with zero attached hydrogens (tertiary/aromatic N) is 2. The molecule has 0 unspecified atom stereocenters. The number of aliphatic carboxylic acids is 1. The van der Waals surface area contributed by atoms with Gasteiger partial charge in [-0.15, -0.1) is 11.3 Å². The molecule has 2 rings (SSSR count). The molecule has 1 fully saturated rings. The van der Waals surface area contributed by atoms with Crippen molar-refractivity contribution in [3.63, 3.8) is 0 Å². The average Bonchev–Trinajstić information content (AvgIpc) is 2.89. The van der Waals surface area contributed by atoms with Gasteiger partial charge in [-0.1, -0.05) is 0 Å². The molecule has 2 amide bonds. The van der Waals surface area contributed by atoms with Crippen LogP contribution in [0.15, 0.2) is 12.1 Å². The smallest absolute Gasteiger partial charge is 0.317 e. The molecule has 0 saturated carbocycles. The van der Waals surface area contributed by atoms with Crippen molar-refractivity contribution in [2.45, 2.75) is 19.9 Å². The molecule has 0 aromatic carbocycles. The van der Waals surface area contributed by atoms with Crippen molar-refractivity contribution in [1.29, 1.82) is 0 Å². The molecule has 1 aliphatic rings. The SMILES string of the molecule is Cc1ccc(CNC(=O)N2CCN(CCC(=O)O)CC2)s1. The molecule has 2 N–H and O–H groups in total. The normalized spacial score (nSPS) is 16.0. The molecule has 7 heteroatoms. The minimum Gasteiger partial charge on any atom is -0.481 e. The Hall–Kier alpha value is -1.60. The molecular weight excluding hydrogens is 290 g/mol. The Bertz CT molecular complexity index is 495. The first-order valence-corrected chi connectivity index (χ1v) is 7.88. The van der Waals surface area contributed by atoms with Gasteiger partial charge in [-0.3, -0.25) is 9.69 Å². The molecule has 0 atom stereocenters. The lowest BCUT2D eigenvalue weighted by Gasteiger charge is -2.34. The Labute approximate surface area is 128 Å². The molecular formula is C14H21N3O3S. The quantitative estimate of drug-likeness (QED) is 0.861. The third kappa shape index (κ3) is 5.02. The van der Waals surface area contributed by atoms with Crippen molar-refractivity contribution in [3.8, 4) is 0 Å². The molecule has 0 bridgehead atoms. The van der Waals surface area contributed by atoms with Crippen molar-refractivity contribution in [2.75, 3.05) is 32.7 Å². The van der Waals surface area contributed by atoms with E-state index in [9.17, 15) is 9.59 Å². The number of hydrogen-bond acceptors (Lipinski definition) is 4. The third-order valence-electron chi connectivity index (χ3n) is 3.51. The molecule has 1 aromatic rings. The fourth-order valence-electron chi connectivity index (χ4n) is 2.28. The molecule has 1 aliphatic heterocycles. The summed E-state index contributed by atoms with van der Waals surface area (Å²) in [5.41, 5.74) is 0. The number of carboxylic acids is 1. The number of rotatable bonds is 5. The Morgan fingerprint density at radius 2 is 2.00 bits per heavy atom. The first kappa shape index (κ1) is 15.8. The molecule has 21 heavy (non-hydrogen) atoms. The van der Waals surface area contributed by atoms with Crippen LogP contribution in [-0.2, 0) is 11.3 Å². The van der Waals surface area contributed by atoms with Crippen LogP contribution < -0.4 is 5.32 Å². The van der Waals surface area contributed by atoms with Gasteiger partial charge in [0.05, 0.1) is 13.0 Å². The predicted molar refractivity (Wildman–Crippen MR) is 81.6 cm³/mol. The highest BCUT2D eigenvalue weighted by molar-refractivity contribution is 7.11. The molecule has 6 nitrogen and oxygen atoms in total. The summed E-state index contributed by atoms with van der Waals surface area (Å²) in [6.45, 7) is 5.93. The summed E-state index contributed by atoms with van der Waals surface area (Å²) >= 11 is 1.69. The van der Waals surface area contributed by atoms with Crippen molar-refractivity contribution >= 4 is 23.3 Å². The van der Waals surface area contributed by atoms with Crippen LogP contribution in [0.5, 0.6) is 0 Å². The number of hydrogen-bond donors (Lipinski definition) is 2. The summed E-state index contributed by atoms with van der Waals surface area (Å²) in [5, 5.41) is 11.6. The van der Waals surface area contributed by atoms with E-state index in [2.05, 4.69) is 10.2 Å². The number of amides is 2. The maximum Gasteiger partial charge on any atom is 0.317 e. The van der Waals surface area contributed by atoms with E-state index in [1.54, 1.807) is 16.2 Å². The summed E-state index contributed by atoms with van der Waals surface area (Å²) in [4.78, 5) is 28.9. The van der Waals surface area contributed by atoms with Gasteiger partial charge in [0.15, 0.2) is 0 Å². The number of piperazine rings is 1. The van der Waals surface area contributed by atoms with E-state index in [1.165, 1.54) is 4.88 Å². The zero-order valence-electron chi connectivity index (χ0n) is 12.2. The molecule has 1 aromatic heterocycles. The monoisotopic (exact) mass is 311 g/mol. The molecule has 1 saturated heterocycles. The second-order valence-electron chi connectivity index (χ2n) is 5.14. The lowest BCUT2D eigenvalue weighted by atomic mass is 10.3. The maximum absolute atomic E-state index is 12.1. The van der Waals surface area contributed by atoms with Crippen LogP contribution in [0.3, 0.4) is 0 Å². The minimum absolute atomic E-state index is 0.0427. The number of carboxylic acid groups (broad SMARTS) is 1. The van der Waals surface area contributed by atoms with Crippen molar-refractivity contribution in [3.05, 3.63) is 21.9 Å². The van der Waals surface area contributed by atoms with Crippen LogP contribution in [0.4, 0.5) is 4.79 Å². The zero-order valence-corrected chi connectivity index (χ0v) is 13.0. The van der Waals surface area contributed by atoms with Gasteiger partial charge in [-0.25, -0.2) is 4.79 Å².